The van der Waals surface area contributed by atoms with Gasteiger partial charge in [-0.05, 0) is 48.5 Å². The lowest BCUT2D eigenvalue weighted by Gasteiger charge is -2.18. The number of nitrogens with zero attached hydrogens (tertiary/aromatic N) is 1. The van der Waals surface area contributed by atoms with Crippen molar-refractivity contribution >= 4 is 21.6 Å². The van der Waals surface area contributed by atoms with Gasteiger partial charge in [-0.1, -0.05) is 28.1 Å². The van der Waals surface area contributed by atoms with Crippen LogP contribution >= 0.6 is 15.9 Å². The van der Waals surface area contributed by atoms with E-state index in [-0.39, 0.29) is 0 Å². The minimum Gasteiger partial charge on any atom is -0.497 e. The molecule has 0 aliphatic heterocycles. The Morgan fingerprint density at radius 3 is 2.45 bits per heavy atom. The minimum atomic E-state index is 0.798. The summed E-state index contributed by atoms with van der Waals surface area (Å²) in [5.74, 6) is 0.879. The molecule has 20 heavy (non-hydrogen) atoms. The van der Waals surface area contributed by atoms with Gasteiger partial charge in [0.25, 0.3) is 0 Å². The third kappa shape index (κ3) is 3.99. The molecule has 0 atom stereocenters. The maximum absolute atomic E-state index is 5.70. The molecular formula is C16H19BrN2O. The van der Waals surface area contributed by atoms with Crippen LogP contribution in [0.1, 0.15) is 11.1 Å². The van der Waals surface area contributed by atoms with Gasteiger partial charge in [0.1, 0.15) is 5.75 Å². The number of methoxy groups -OCH3 is 1. The monoisotopic (exact) mass is 334 g/mol. The Morgan fingerprint density at radius 1 is 1.10 bits per heavy atom. The highest BCUT2D eigenvalue weighted by molar-refractivity contribution is 9.10. The van der Waals surface area contributed by atoms with Crippen molar-refractivity contribution < 1.29 is 4.74 Å². The zero-order valence-electron chi connectivity index (χ0n) is 11.8. The number of benzene rings is 2. The van der Waals surface area contributed by atoms with E-state index in [0.29, 0.717) is 0 Å². The van der Waals surface area contributed by atoms with Crippen LogP contribution in [0.5, 0.6) is 5.75 Å². The van der Waals surface area contributed by atoms with E-state index in [0.717, 1.165) is 29.0 Å². The van der Waals surface area contributed by atoms with E-state index in [1.54, 1.807) is 7.11 Å². The maximum atomic E-state index is 5.70. The zero-order chi connectivity index (χ0) is 14.5. The summed E-state index contributed by atoms with van der Waals surface area (Å²) in [5.41, 5.74) is 8.96. The largest absolute Gasteiger partial charge is 0.497 e. The number of anilines is 1. The molecule has 0 saturated heterocycles. The number of rotatable bonds is 5. The first-order chi connectivity index (χ1) is 9.58. The molecule has 0 heterocycles. The predicted octanol–water partition coefficient (Wildman–Crippen LogP) is 3.67. The molecule has 106 valence electrons. The van der Waals surface area contributed by atoms with Crippen molar-refractivity contribution in [1.82, 2.24) is 4.90 Å². The van der Waals surface area contributed by atoms with E-state index < -0.39 is 0 Å². The predicted molar refractivity (Wildman–Crippen MR) is 86.7 cm³/mol. The Bertz CT molecular complexity index is 569. The molecule has 2 N–H and O–H groups in total. The molecule has 0 unspecified atom stereocenters. The van der Waals surface area contributed by atoms with E-state index in [9.17, 15) is 0 Å². The molecule has 2 aromatic carbocycles. The summed E-state index contributed by atoms with van der Waals surface area (Å²) in [6.45, 7) is 1.73. The summed E-state index contributed by atoms with van der Waals surface area (Å²) in [4.78, 5) is 2.26. The molecule has 0 spiro atoms. The van der Waals surface area contributed by atoms with Gasteiger partial charge in [-0.3, -0.25) is 4.90 Å². The molecule has 0 fully saturated rings. The van der Waals surface area contributed by atoms with Gasteiger partial charge in [-0.15, -0.1) is 0 Å². The van der Waals surface area contributed by atoms with Crippen LogP contribution in [0.3, 0.4) is 0 Å². The van der Waals surface area contributed by atoms with Crippen molar-refractivity contribution in [1.29, 1.82) is 0 Å². The number of nitrogen functional groups attached to an aromatic ring is 1. The van der Waals surface area contributed by atoms with E-state index in [4.69, 9.17) is 10.5 Å². The van der Waals surface area contributed by atoms with Crippen LogP contribution in [0.15, 0.2) is 46.9 Å². The molecule has 0 amide bonds. The van der Waals surface area contributed by atoms with Crippen LogP contribution in [-0.4, -0.2) is 19.1 Å². The zero-order valence-corrected chi connectivity index (χ0v) is 13.4. The molecule has 0 radical (unpaired) electrons. The molecule has 0 aromatic heterocycles. The quantitative estimate of drug-likeness (QED) is 0.848. The van der Waals surface area contributed by atoms with Gasteiger partial charge in [-0.2, -0.15) is 0 Å². The lowest BCUT2D eigenvalue weighted by Crippen LogP contribution is -2.17. The second-order valence-corrected chi connectivity index (χ2v) is 5.73. The number of halogens is 1. The second kappa shape index (κ2) is 6.77. The molecule has 3 nitrogen and oxygen atoms in total. The molecule has 0 saturated carbocycles. The first kappa shape index (κ1) is 14.9. The highest BCUT2D eigenvalue weighted by atomic mass is 79.9. The molecule has 2 aromatic rings. The van der Waals surface area contributed by atoms with Crippen molar-refractivity contribution in [3.05, 3.63) is 58.1 Å². The van der Waals surface area contributed by atoms with E-state index >= 15 is 0 Å². The Labute approximate surface area is 128 Å². The summed E-state index contributed by atoms with van der Waals surface area (Å²) in [7, 11) is 3.79. The molecular weight excluding hydrogens is 316 g/mol. The normalized spacial score (nSPS) is 10.8. The van der Waals surface area contributed by atoms with Crippen LogP contribution < -0.4 is 10.5 Å². The van der Waals surface area contributed by atoms with Crippen LogP contribution in [0.25, 0.3) is 0 Å². The summed E-state index contributed by atoms with van der Waals surface area (Å²) in [5, 5.41) is 0. The number of hydrogen-bond acceptors (Lipinski definition) is 3. The highest BCUT2D eigenvalue weighted by Gasteiger charge is 2.06. The van der Waals surface area contributed by atoms with Crippen molar-refractivity contribution in [2.75, 3.05) is 19.9 Å². The molecule has 0 aliphatic rings. The van der Waals surface area contributed by atoms with E-state index in [1.807, 2.05) is 24.3 Å². The van der Waals surface area contributed by atoms with E-state index in [2.05, 4.69) is 46.1 Å². The summed E-state index contributed by atoms with van der Waals surface area (Å²) in [6.07, 6.45) is 0. The summed E-state index contributed by atoms with van der Waals surface area (Å²) in [6, 6.07) is 14.0. The van der Waals surface area contributed by atoms with Crippen molar-refractivity contribution in [2.45, 2.75) is 13.1 Å². The third-order valence-electron chi connectivity index (χ3n) is 3.13. The third-order valence-corrected chi connectivity index (χ3v) is 3.90. The van der Waals surface area contributed by atoms with Gasteiger partial charge in [0, 0.05) is 23.2 Å². The van der Waals surface area contributed by atoms with Crippen LogP contribution in [0.2, 0.25) is 0 Å². The Kier molecular flexibility index (Phi) is 5.04. The summed E-state index contributed by atoms with van der Waals surface area (Å²) < 4.78 is 6.37. The topological polar surface area (TPSA) is 38.5 Å². The van der Waals surface area contributed by atoms with Gasteiger partial charge < -0.3 is 10.5 Å². The minimum absolute atomic E-state index is 0.798. The first-order valence-corrected chi connectivity index (χ1v) is 7.23. The fourth-order valence-corrected chi connectivity index (χ4v) is 2.45. The van der Waals surface area contributed by atoms with Crippen molar-refractivity contribution in [3.63, 3.8) is 0 Å². The first-order valence-electron chi connectivity index (χ1n) is 6.44. The van der Waals surface area contributed by atoms with E-state index in [1.165, 1.54) is 11.1 Å². The standard InChI is InChI=1S/C16H19BrN2O/c1-19(10-12-3-5-14(18)6-4-12)11-13-9-15(20-2)7-8-16(13)17/h3-9H,10-11,18H2,1-2H3. The lowest BCUT2D eigenvalue weighted by atomic mass is 10.1. The second-order valence-electron chi connectivity index (χ2n) is 4.87. The van der Waals surface area contributed by atoms with Crippen LogP contribution in [0.4, 0.5) is 5.69 Å². The van der Waals surface area contributed by atoms with Gasteiger partial charge in [-0.25, -0.2) is 0 Å². The Balaban J connectivity index is 2.04. The average Bonchev–Trinajstić information content (AvgIpc) is 2.44. The Hall–Kier alpha value is -1.52. The van der Waals surface area contributed by atoms with Crippen molar-refractivity contribution in [2.24, 2.45) is 0 Å². The van der Waals surface area contributed by atoms with Gasteiger partial charge >= 0.3 is 0 Å². The average molecular weight is 335 g/mol. The molecule has 4 heteroatoms. The molecule has 0 aliphatic carbocycles. The number of hydrogen-bond donors (Lipinski definition) is 1. The van der Waals surface area contributed by atoms with Crippen molar-refractivity contribution in [3.8, 4) is 5.75 Å². The Morgan fingerprint density at radius 2 is 1.80 bits per heavy atom. The highest BCUT2D eigenvalue weighted by Crippen LogP contribution is 2.24. The lowest BCUT2D eigenvalue weighted by molar-refractivity contribution is 0.317. The van der Waals surface area contributed by atoms with Crippen LogP contribution in [0, 0.1) is 0 Å². The molecule has 0 bridgehead atoms. The fourth-order valence-electron chi connectivity index (χ4n) is 2.08. The summed E-state index contributed by atoms with van der Waals surface area (Å²) >= 11 is 3.58. The maximum Gasteiger partial charge on any atom is 0.119 e. The SMILES string of the molecule is COc1ccc(Br)c(CN(C)Cc2ccc(N)cc2)c1. The van der Waals surface area contributed by atoms with Gasteiger partial charge in [0.15, 0.2) is 0 Å². The van der Waals surface area contributed by atoms with Gasteiger partial charge in [0.2, 0.25) is 0 Å². The smallest absolute Gasteiger partial charge is 0.119 e. The van der Waals surface area contributed by atoms with Gasteiger partial charge in [0.05, 0.1) is 7.11 Å². The van der Waals surface area contributed by atoms with Crippen LogP contribution in [-0.2, 0) is 13.1 Å². The fraction of sp³-hybridized carbons (Fsp3) is 0.250. The number of ether oxygens (including phenoxy) is 1. The number of nitrogens with two attached hydrogens (primary N) is 1. The molecule has 2 rings (SSSR count).